The first-order chi connectivity index (χ1) is 16.2. The van der Waals surface area contributed by atoms with Crippen LogP contribution in [0.5, 0.6) is 0 Å². The van der Waals surface area contributed by atoms with Crippen molar-refractivity contribution in [1.29, 1.82) is 0 Å². The van der Waals surface area contributed by atoms with Crippen molar-refractivity contribution in [2.24, 2.45) is 0 Å². The number of fused-ring (bicyclic) bond motifs is 1. The van der Waals surface area contributed by atoms with E-state index in [4.69, 9.17) is 4.42 Å². The first kappa shape index (κ1) is 21.0. The quantitative estimate of drug-likeness (QED) is 0.270. The number of benzene rings is 4. The van der Waals surface area contributed by atoms with Gasteiger partial charge in [-0.15, -0.1) is 10.2 Å². The second kappa shape index (κ2) is 9.30. The lowest BCUT2D eigenvalue weighted by Crippen LogP contribution is -2.27. The van der Waals surface area contributed by atoms with Crippen LogP contribution in [0, 0.1) is 6.92 Å². The Kier molecular flexibility index (Phi) is 5.91. The number of hydrogen-bond acceptors (Lipinski definition) is 5. The maximum atomic E-state index is 13.4. The number of para-hydroxylation sites is 1. The molecule has 0 atom stereocenters. The molecule has 33 heavy (non-hydrogen) atoms. The Morgan fingerprint density at radius 3 is 2.33 bits per heavy atom. The maximum Gasteiger partial charge on any atom is 0.277 e. The topological polar surface area (TPSA) is 59.2 Å². The number of aromatic nitrogens is 2. The number of carbonyl (C=O) groups excluding carboxylic acids is 1. The SMILES string of the molecule is Cc1ccc(-c2nnc(SCC(=O)N(c3ccccc3)c3ccc4ccccc4c3)o2)cc1. The molecule has 0 spiro atoms. The second-order valence-corrected chi connectivity index (χ2v) is 8.55. The maximum absolute atomic E-state index is 13.4. The van der Waals surface area contributed by atoms with E-state index in [1.807, 2.05) is 97.9 Å². The minimum absolute atomic E-state index is 0.0726. The zero-order valence-corrected chi connectivity index (χ0v) is 18.8. The summed E-state index contributed by atoms with van der Waals surface area (Å²) in [4.78, 5) is 15.1. The highest BCUT2D eigenvalue weighted by Gasteiger charge is 2.20. The van der Waals surface area contributed by atoms with E-state index in [1.165, 1.54) is 11.8 Å². The molecule has 0 aliphatic rings. The standard InChI is InChI=1S/C27H21N3O2S/c1-19-11-13-21(14-12-19)26-28-29-27(32-26)33-18-25(31)30(23-9-3-2-4-10-23)24-16-15-20-7-5-6-8-22(20)17-24/h2-17H,18H2,1H3. The van der Waals surface area contributed by atoms with Gasteiger partial charge in [0, 0.05) is 16.9 Å². The third kappa shape index (κ3) is 4.66. The van der Waals surface area contributed by atoms with E-state index < -0.39 is 0 Å². The Bertz CT molecular complexity index is 1400. The van der Waals surface area contributed by atoms with Crippen molar-refractivity contribution in [2.75, 3.05) is 10.7 Å². The van der Waals surface area contributed by atoms with E-state index in [1.54, 1.807) is 4.90 Å². The molecule has 0 aliphatic heterocycles. The van der Waals surface area contributed by atoms with Crippen LogP contribution in [-0.2, 0) is 4.79 Å². The van der Waals surface area contributed by atoms with Gasteiger partial charge in [0.2, 0.25) is 11.8 Å². The molecule has 1 heterocycles. The fourth-order valence-corrected chi connectivity index (χ4v) is 4.21. The van der Waals surface area contributed by atoms with Crippen molar-refractivity contribution in [2.45, 2.75) is 12.1 Å². The minimum atomic E-state index is -0.0726. The summed E-state index contributed by atoms with van der Waals surface area (Å²) in [5, 5.41) is 10.8. The Hall–Kier alpha value is -3.90. The summed E-state index contributed by atoms with van der Waals surface area (Å²) in [6.45, 7) is 2.03. The van der Waals surface area contributed by atoms with Crippen LogP contribution in [-0.4, -0.2) is 21.9 Å². The lowest BCUT2D eigenvalue weighted by atomic mass is 10.1. The Labute approximate surface area is 196 Å². The van der Waals surface area contributed by atoms with Crippen molar-refractivity contribution in [3.63, 3.8) is 0 Å². The monoisotopic (exact) mass is 451 g/mol. The molecule has 0 saturated heterocycles. The summed E-state index contributed by atoms with van der Waals surface area (Å²) in [7, 11) is 0. The molecule has 0 fully saturated rings. The van der Waals surface area contributed by atoms with Crippen LogP contribution >= 0.6 is 11.8 Å². The zero-order valence-electron chi connectivity index (χ0n) is 18.0. The predicted octanol–water partition coefficient (Wildman–Crippen LogP) is 6.66. The van der Waals surface area contributed by atoms with E-state index in [-0.39, 0.29) is 11.7 Å². The lowest BCUT2D eigenvalue weighted by molar-refractivity contribution is -0.115. The predicted molar refractivity (Wildman–Crippen MR) is 133 cm³/mol. The smallest absolute Gasteiger partial charge is 0.277 e. The molecule has 0 aliphatic carbocycles. The van der Waals surface area contributed by atoms with Crippen LogP contribution in [0.3, 0.4) is 0 Å². The van der Waals surface area contributed by atoms with Crippen molar-refractivity contribution in [3.8, 4) is 11.5 Å². The summed E-state index contributed by atoms with van der Waals surface area (Å²) in [6, 6.07) is 31.7. The fourth-order valence-electron chi connectivity index (χ4n) is 3.60. The number of hydrogen-bond donors (Lipinski definition) is 0. The molecule has 5 nitrogen and oxygen atoms in total. The van der Waals surface area contributed by atoms with Crippen LogP contribution < -0.4 is 4.90 Å². The number of nitrogens with zero attached hydrogens (tertiary/aromatic N) is 3. The first-order valence-corrected chi connectivity index (χ1v) is 11.6. The molecule has 5 aromatic rings. The van der Waals surface area contributed by atoms with Gasteiger partial charge in [-0.2, -0.15) is 0 Å². The van der Waals surface area contributed by atoms with Gasteiger partial charge in [0.1, 0.15) is 0 Å². The van der Waals surface area contributed by atoms with E-state index in [2.05, 4.69) is 16.3 Å². The molecule has 0 unspecified atom stereocenters. The number of amides is 1. The van der Waals surface area contributed by atoms with E-state index >= 15 is 0 Å². The zero-order chi connectivity index (χ0) is 22.6. The molecule has 1 aromatic heterocycles. The summed E-state index contributed by atoms with van der Waals surface area (Å²) < 4.78 is 5.78. The second-order valence-electron chi connectivity index (χ2n) is 7.62. The summed E-state index contributed by atoms with van der Waals surface area (Å²) >= 11 is 1.24. The van der Waals surface area contributed by atoms with Gasteiger partial charge in [0.25, 0.3) is 5.22 Å². The number of carbonyl (C=O) groups is 1. The number of thioether (sulfide) groups is 1. The van der Waals surface area contributed by atoms with Gasteiger partial charge in [-0.05, 0) is 54.1 Å². The summed E-state index contributed by atoms with van der Waals surface area (Å²) in [5.41, 5.74) is 3.64. The Morgan fingerprint density at radius 1 is 0.818 bits per heavy atom. The van der Waals surface area contributed by atoms with E-state index in [9.17, 15) is 4.79 Å². The molecule has 4 aromatic carbocycles. The molecule has 0 saturated carbocycles. The highest BCUT2D eigenvalue weighted by molar-refractivity contribution is 7.99. The number of anilines is 2. The highest BCUT2D eigenvalue weighted by Crippen LogP contribution is 2.30. The largest absolute Gasteiger partial charge is 0.411 e. The van der Waals surface area contributed by atoms with Gasteiger partial charge in [-0.25, -0.2) is 0 Å². The number of aryl methyl sites for hydroxylation is 1. The summed E-state index contributed by atoms with van der Waals surface area (Å²) in [5.74, 6) is 0.535. The van der Waals surface area contributed by atoms with Crippen LogP contribution in [0.1, 0.15) is 5.56 Å². The molecule has 0 N–H and O–H groups in total. The fraction of sp³-hybridized carbons (Fsp3) is 0.0741. The van der Waals surface area contributed by atoms with Crippen molar-refractivity contribution in [3.05, 3.63) is 103 Å². The average Bonchev–Trinajstić information content (AvgIpc) is 3.33. The minimum Gasteiger partial charge on any atom is -0.411 e. The van der Waals surface area contributed by atoms with Crippen LogP contribution in [0.25, 0.3) is 22.2 Å². The normalized spacial score (nSPS) is 10.9. The lowest BCUT2D eigenvalue weighted by Gasteiger charge is -2.23. The molecule has 0 bridgehead atoms. The van der Waals surface area contributed by atoms with Gasteiger partial charge in [-0.1, -0.05) is 78.0 Å². The van der Waals surface area contributed by atoms with Crippen molar-refractivity contribution < 1.29 is 9.21 Å². The molecular weight excluding hydrogens is 430 g/mol. The van der Waals surface area contributed by atoms with Gasteiger partial charge in [0.15, 0.2) is 0 Å². The molecule has 1 amide bonds. The van der Waals surface area contributed by atoms with Crippen LogP contribution in [0.4, 0.5) is 11.4 Å². The molecule has 0 radical (unpaired) electrons. The highest BCUT2D eigenvalue weighted by atomic mass is 32.2. The molecule has 162 valence electrons. The van der Waals surface area contributed by atoms with Gasteiger partial charge in [-0.3, -0.25) is 9.69 Å². The average molecular weight is 452 g/mol. The first-order valence-electron chi connectivity index (χ1n) is 10.6. The summed E-state index contributed by atoms with van der Waals surface area (Å²) in [6.07, 6.45) is 0. The van der Waals surface area contributed by atoms with Crippen molar-refractivity contribution >= 4 is 39.8 Å². The van der Waals surface area contributed by atoms with Crippen LogP contribution in [0.15, 0.2) is 107 Å². The van der Waals surface area contributed by atoms with Gasteiger partial charge >= 0.3 is 0 Å². The Balaban J connectivity index is 1.38. The van der Waals surface area contributed by atoms with Gasteiger partial charge < -0.3 is 4.42 Å². The Morgan fingerprint density at radius 2 is 1.55 bits per heavy atom. The van der Waals surface area contributed by atoms with Gasteiger partial charge in [0.05, 0.1) is 5.75 Å². The molecular formula is C27H21N3O2S. The molecule has 6 heteroatoms. The van der Waals surface area contributed by atoms with Crippen LogP contribution in [0.2, 0.25) is 0 Å². The van der Waals surface area contributed by atoms with E-state index in [0.717, 1.165) is 33.3 Å². The van der Waals surface area contributed by atoms with E-state index in [0.29, 0.717) is 11.1 Å². The van der Waals surface area contributed by atoms with Crippen molar-refractivity contribution in [1.82, 2.24) is 10.2 Å². The third-order valence-corrected chi connectivity index (χ3v) is 6.08. The number of rotatable bonds is 6. The molecule has 5 rings (SSSR count). The third-order valence-electron chi connectivity index (χ3n) is 5.28.